The molecule has 1 aromatic heterocycles. The second-order valence-electron chi connectivity index (χ2n) is 4.73. The zero-order valence-electron chi connectivity index (χ0n) is 10.5. The summed E-state index contributed by atoms with van der Waals surface area (Å²) in [6.07, 6.45) is 0.976. The van der Waals surface area contributed by atoms with E-state index >= 15 is 0 Å². The fraction of sp³-hybridized carbons (Fsp3) is 0.545. The van der Waals surface area contributed by atoms with E-state index in [0.717, 1.165) is 30.8 Å². The van der Waals surface area contributed by atoms with E-state index in [2.05, 4.69) is 9.62 Å². The van der Waals surface area contributed by atoms with Crippen LogP contribution in [-0.2, 0) is 10.0 Å². The first-order valence-corrected chi connectivity index (χ1v) is 8.25. The van der Waals surface area contributed by atoms with Gasteiger partial charge in [0.1, 0.15) is 4.21 Å². The summed E-state index contributed by atoms with van der Waals surface area (Å²) in [7, 11) is -1.58. The lowest BCUT2D eigenvalue weighted by molar-refractivity contribution is 0.0697. The van der Waals surface area contributed by atoms with Crippen LogP contribution in [0.4, 0.5) is 0 Å². The van der Waals surface area contributed by atoms with Crippen LogP contribution in [0.2, 0.25) is 0 Å². The normalized spacial score (nSPS) is 20.8. The summed E-state index contributed by atoms with van der Waals surface area (Å²) in [6, 6.07) is 1.19. The van der Waals surface area contributed by atoms with Crippen molar-refractivity contribution in [2.75, 3.05) is 26.7 Å². The van der Waals surface area contributed by atoms with Gasteiger partial charge >= 0.3 is 5.97 Å². The Bertz CT molecular complexity index is 567. The molecule has 0 saturated carbocycles. The number of rotatable bonds is 5. The predicted octanol–water partition coefficient (Wildman–Crippen LogP) is 0.676. The molecule has 0 aliphatic carbocycles. The number of carbonyl (C=O) groups is 1. The van der Waals surface area contributed by atoms with E-state index in [1.807, 2.05) is 7.05 Å². The van der Waals surface area contributed by atoms with Crippen molar-refractivity contribution in [2.24, 2.45) is 5.92 Å². The van der Waals surface area contributed by atoms with Gasteiger partial charge in [0.15, 0.2) is 0 Å². The van der Waals surface area contributed by atoms with Crippen LogP contribution in [0.15, 0.2) is 15.7 Å². The molecule has 19 heavy (non-hydrogen) atoms. The zero-order valence-corrected chi connectivity index (χ0v) is 12.1. The fourth-order valence-electron chi connectivity index (χ4n) is 2.06. The Balaban J connectivity index is 1.99. The number of hydrogen-bond acceptors (Lipinski definition) is 5. The van der Waals surface area contributed by atoms with Gasteiger partial charge < -0.3 is 10.0 Å². The number of carboxylic acids is 1. The minimum atomic E-state index is -3.59. The number of likely N-dealkylation sites (tertiary alicyclic amines) is 1. The number of carboxylic acid groups (broad SMARTS) is 1. The van der Waals surface area contributed by atoms with E-state index in [9.17, 15) is 13.2 Å². The number of nitrogens with one attached hydrogen (secondary N) is 1. The van der Waals surface area contributed by atoms with Gasteiger partial charge in [0.2, 0.25) is 10.0 Å². The molecule has 1 unspecified atom stereocenters. The molecule has 2 rings (SSSR count). The second kappa shape index (κ2) is 5.58. The first-order valence-electron chi connectivity index (χ1n) is 5.88. The Labute approximate surface area is 116 Å². The van der Waals surface area contributed by atoms with E-state index in [1.54, 1.807) is 0 Å². The third kappa shape index (κ3) is 3.53. The van der Waals surface area contributed by atoms with Crippen LogP contribution >= 0.6 is 11.3 Å². The molecule has 8 heteroatoms. The SMILES string of the molecule is CN1CCC(CNS(=O)(=O)c2cc(C(=O)O)cs2)C1. The number of sulfonamides is 1. The molecule has 0 bridgehead atoms. The van der Waals surface area contributed by atoms with Crippen molar-refractivity contribution < 1.29 is 18.3 Å². The summed E-state index contributed by atoms with van der Waals surface area (Å²) in [6.45, 7) is 2.26. The van der Waals surface area contributed by atoms with E-state index in [0.29, 0.717) is 12.5 Å². The van der Waals surface area contributed by atoms with Gasteiger partial charge in [-0.25, -0.2) is 17.9 Å². The number of hydrogen-bond donors (Lipinski definition) is 2. The van der Waals surface area contributed by atoms with Crippen LogP contribution in [0.1, 0.15) is 16.8 Å². The van der Waals surface area contributed by atoms with Gasteiger partial charge in [-0.2, -0.15) is 0 Å². The van der Waals surface area contributed by atoms with Crippen LogP contribution in [-0.4, -0.2) is 51.1 Å². The molecule has 1 aromatic rings. The van der Waals surface area contributed by atoms with Crippen molar-refractivity contribution in [1.29, 1.82) is 0 Å². The minimum absolute atomic E-state index is 0.00553. The maximum Gasteiger partial charge on any atom is 0.336 e. The Kier molecular flexibility index (Phi) is 4.24. The van der Waals surface area contributed by atoms with Crippen LogP contribution in [0.25, 0.3) is 0 Å². The number of thiophene rings is 1. The molecule has 0 amide bonds. The average Bonchev–Trinajstić information content (AvgIpc) is 2.95. The highest BCUT2D eigenvalue weighted by molar-refractivity contribution is 7.91. The van der Waals surface area contributed by atoms with Crippen LogP contribution in [0.3, 0.4) is 0 Å². The lowest BCUT2D eigenvalue weighted by Crippen LogP contribution is -2.30. The number of aromatic carboxylic acids is 1. The fourth-order valence-corrected chi connectivity index (χ4v) is 4.38. The van der Waals surface area contributed by atoms with Crippen LogP contribution < -0.4 is 4.72 Å². The first-order chi connectivity index (χ1) is 8.88. The maximum absolute atomic E-state index is 12.0. The summed E-state index contributed by atoms with van der Waals surface area (Å²) in [4.78, 5) is 12.9. The summed E-state index contributed by atoms with van der Waals surface area (Å²) in [5, 5.41) is 10.1. The Hall–Kier alpha value is -0.960. The van der Waals surface area contributed by atoms with Gasteiger partial charge in [-0.3, -0.25) is 0 Å². The van der Waals surface area contributed by atoms with E-state index in [-0.39, 0.29) is 9.77 Å². The van der Waals surface area contributed by atoms with Gasteiger partial charge in [0.05, 0.1) is 5.56 Å². The molecule has 1 saturated heterocycles. The average molecular weight is 304 g/mol. The van der Waals surface area contributed by atoms with Crippen LogP contribution in [0.5, 0.6) is 0 Å². The first kappa shape index (κ1) is 14.4. The molecule has 2 heterocycles. The third-order valence-electron chi connectivity index (χ3n) is 3.14. The largest absolute Gasteiger partial charge is 0.478 e. The smallest absolute Gasteiger partial charge is 0.336 e. The van der Waals surface area contributed by atoms with Crippen molar-refractivity contribution in [3.05, 3.63) is 17.0 Å². The summed E-state index contributed by atoms with van der Waals surface area (Å²) < 4.78 is 26.6. The van der Waals surface area contributed by atoms with Crippen molar-refractivity contribution in [3.8, 4) is 0 Å². The molecule has 106 valence electrons. The zero-order chi connectivity index (χ0) is 14.0. The highest BCUT2D eigenvalue weighted by Gasteiger charge is 2.23. The molecule has 6 nitrogen and oxygen atoms in total. The Morgan fingerprint density at radius 3 is 2.89 bits per heavy atom. The third-order valence-corrected chi connectivity index (χ3v) is 6.00. The number of nitrogens with zero attached hydrogens (tertiary/aromatic N) is 1. The topological polar surface area (TPSA) is 86.7 Å². The molecular weight excluding hydrogens is 288 g/mol. The lowest BCUT2D eigenvalue weighted by atomic mass is 10.1. The standard InChI is InChI=1S/C11H16N2O4S2/c1-13-3-2-8(6-13)5-12-19(16,17)10-4-9(7-18-10)11(14)15/h4,7-8,12H,2-3,5-6H2,1H3,(H,14,15). The quantitative estimate of drug-likeness (QED) is 0.835. The van der Waals surface area contributed by atoms with Crippen molar-refractivity contribution >= 4 is 27.3 Å². The van der Waals surface area contributed by atoms with Gasteiger partial charge in [0.25, 0.3) is 0 Å². The van der Waals surface area contributed by atoms with Gasteiger partial charge in [-0.1, -0.05) is 0 Å². The Morgan fingerprint density at radius 1 is 1.63 bits per heavy atom. The maximum atomic E-state index is 12.0. The molecule has 1 fully saturated rings. The summed E-state index contributed by atoms with van der Waals surface area (Å²) in [5.74, 6) is -0.797. The molecule has 1 aliphatic heterocycles. The molecule has 1 atom stereocenters. The second-order valence-corrected chi connectivity index (χ2v) is 7.63. The van der Waals surface area contributed by atoms with E-state index < -0.39 is 16.0 Å². The molecule has 0 spiro atoms. The summed E-state index contributed by atoms with van der Waals surface area (Å²) >= 11 is 0.926. The molecule has 0 aromatic carbocycles. The molecule has 1 aliphatic rings. The highest BCUT2D eigenvalue weighted by atomic mass is 32.2. The van der Waals surface area contributed by atoms with E-state index in [4.69, 9.17) is 5.11 Å². The Morgan fingerprint density at radius 2 is 2.37 bits per heavy atom. The van der Waals surface area contributed by atoms with Crippen molar-refractivity contribution in [1.82, 2.24) is 9.62 Å². The van der Waals surface area contributed by atoms with Gasteiger partial charge in [-0.15, -0.1) is 11.3 Å². The molecule has 2 N–H and O–H groups in total. The van der Waals surface area contributed by atoms with Gasteiger partial charge in [0, 0.05) is 18.5 Å². The monoisotopic (exact) mass is 304 g/mol. The summed E-state index contributed by atoms with van der Waals surface area (Å²) in [5.41, 5.74) is 0.00553. The van der Waals surface area contributed by atoms with Crippen molar-refractivity contribution in [3.63, 3.8) is 0 Å². The van der Waals surface area contributed by atoms with E-state index in [1.165, 1.54) is 11.4 Å². The molecular formula is C11H16N2O4S2. The van der Waals surface area contributed by atoms with Crippen LogP contribution in [0, 0.1) is 5.92 Å². The minimum Gasteiger partial charge on any atom is -0.478 e. The van der Waals surface area contributed by atoms with Crippen molar-refractivity contribution in [2.45, 2.75) is 10.6 Å². The predicted molar refractivity (Wildman–Crippen MR) is 72.1 cm³/mol. The van der Waals surface area contributed by atoms with Gasteiger partial charge in [-0.05, 0) is 32.0 Å². The highest BCUT2D eigenvalue weighted by Crippen LogP contribution is 2.21. The lowest BCUT2D eigenvalue weighted by Gasteiger charge is -2.11. The molecule has 0 radical (unpaired) electrons.